The monoisotopic (exact) mass is 343 g/mol. The van der Waals surface area contributed by atoms with Crippen LogP contribution in [0, 0.1) is 0 Å². The van der Waals surface area contributed by atoms with Gasteiger partial charge in [0.1, 0.15) is 0 Å². The molecule has 0 unspecified atom stereocenters. The van der Waals surface area contributed by atoms with Crippen molar-refractivity contribution in [2.45, 2.75) is 39.0 Å². The highest BCUT2D eigenvalue weighted by atomic mass is 16.2. The fraction of sp³-hybridized carbons (Fsp3) is 0.526. The Labute approximate surface area is 148 Å². The van der Waals surface area contributed by atoms with Gasteiger partial charge in [0.05, 0.1) is 6.42 Å². The number of fused-ring (bicyclic) bond motifs is 1. The second-order valence-corrected chi connectivity index (χ2v) is 6.73. The third kappa shape index (κ3) is 4.00. The van der Waals surface area contributed by atoms with Crippen molar-refractivity contribution >= 4 is 23.4 Å². The van der Waals surface area contributed by atoms with Crippen molar-refractivity contribution in [3.05, 3.63) is 29.3 Å². The molecule has 134 valence electrons. The van der Waals surface area contributed by atoms with Crippen LogP contribution in [0.25, 0.3) is 0 Å². The van der Waals surface area contributed by atoms with Gasteiger partial charge in [-0.05, 0) is 36.6 Å². The van der Waals surface area contributed by atoms with E-state index in [9.17, 15) is 14.4 Å². The Morgan fingerprint density at radius 1 is 1.12 bits per heavy atom. The van der Waals surface area contributed by atoms with Gasteiger partial charge in [0.25, 0.3) is 5.91 Å². The van der Waals surface area contributed by atoms with E-state index in [1.54, 1.807) is 12.1 Å². The Morgan fingerprint density at radius 2 is 1.88 bits per heavy atom. The Hall–Kier alpha value is -2.37. The Morgan fingerprint density at radius 3 is 2.68 bits per heavy atom. The Bertz CT molecular complexity index is 686. The van der Waals surface area contributed by atoms with Crippen LogP contribution in [0.5, 0.6) is 0 Å². The van der Waals surface area contributed by atoms with Gasteiger partial charge >= 0.3 is 0 Å². The number of carbonyl (C=O) groups is 3. The zero-order valence-corrected chi connectivity index (χ0v) is 14.7. The number of benzene rings is 1. The Balaban J connectivity index is 1.63. The van der Waals surface area contributed by atoms with Crippen molar-refractivity contribution in [1.82, 2.24) is 9.80 Å². The number of hydrogen-bond donors (Lipinski definition) is 1. The number of nitrogens with zero attached hydrogens (tertiary/aromatic N) is 2. The minimum Gasteiger partial charge on any atom is -0.341 e. The maximum atomic E-state index is 12.8. The molecule has 0 spiro atoms. The number of amides is 3. The molecule has 0 radical (unpaired) electrons. The molecule has 0 aliphatic carbocycles. The zero-order chi connectivity index (χ0) is 17.8. The summed E-state index contributed by atoms with van der Waals surface area (Å²) in [6.07, 6.45) is 3.65. The van der Waals surface area contributed by atoms with Gasteiger partial charge in [-0.15, -0.1) is 0 Å². The number of nitrogens with one attached hydrogen (secondary N) is 1. The lowest BCUT2D eigenvalue weighted by atomic mass is 10.1. The lowest BCUT2D eigenvalue weighted by molar-refractivity contribution is -0.131. The van der Waals surface area contributed by atoms with Crippen molar-refractivity contribution in [1.29, 1.82) is 0 Å². The van der Waals surface area contributed by atoms with E-state index in [2.05, 4.69) is 12.2 Å². The van der Waals surface area contributed by atoms with Gasteiger partial charge in [0.2, 0.25) is 11.8 Å². The molecule has 3 rings (SSSR count). The standard InChI is InChI=1S/C19H25N3O3/c1-2-3-5-18(24)21-8-4-9-22(11-10-21)19(25)14-6-7-16-15(12-14)13-17(23)20-16/h6-7,12H,2-5,8-11,13H2,1H3,(H,20,23). The van der Waals surface area contributed by atoms with Crippen LogP contribution in [0.3, 0.4) is 0 Å². The van der Waals surface area contributed by atoms with E-state index in [1.807, 2.05) is 15.9 Å². The van der Waals surface area contributed by atoms with Crippen molar-refractivity contribution in [2.24, 2.45) is 0 Å². The number of unbranched alkanes of at least 4 members (excludes halogenated alkanes) is 1. The van der Waals surface area contributed by atoms with Gasteiger partial charge in [0.15, 0.2) is 0 Å². The lowest BCUT2D eigenvalue weighted by Crippen LogP contribution is -2.37. The molecule has 3 amide bonds. The molecule has 1 fully saturated rings. The molecular formula is C19H25N3O3. The summed E-state index contributed by atoms with van der Waals surface area (Å²) in [4.78, 5) is 40.2. The summed E-state index contributed by atoms with van der Waals surface area (Å²) in [5, 5.41) is 2.78. The summed E-state index contributed by atoms with van der Waals surface area (Å²) in [5.74, 6) is 0.138. The average Bonchev–Trinajstić information content (AvgIpc) is 2.82. The predicted molar refractivity (Wildman–Crippen MR) is 95.4 cm³/mol. The van der Waals surface area contributed by atoms with Crippen LogP contribution in [0.15, 0.2) is 18.2 Å². The summed E-state index contributed by atoms with van der Waals surface area (Å²) in [7, 11) is 0. The van der Waals surface area contributed by atoms with E-state index in [0.717, 1.165) is 37.1 Å². The van der Waals surface area contributed by atoms with Gasteiger partial charge in [-0.3, -0.25) is 14.4 Å². The SMILES string of the molecule is CCCCC(=O)N1CCCN(C(=O)c2ccc3c(c2)CC(=O)N3)CC1. The predicted octanol–water partition coefficient (Wildman–Crippen LogP) is 2.05. The molecule has 1 N–H and O–H groups in total. The van der Waals surface area contributed by atoms with E-state index >= 15 is 0 Å². The average molecular weight is 343 g/mol. The summed E-state index contributed by atoms with van der Waals surface area (Å²) < 4.78 is 0. The van der Waals surface area contributed by atoms with Crippen LogP contribution in [0.1, 0.15) is 48.5 Å². The Kier molecular flexibility index (Phi) is 5.36. The van der Waals surface area contributed by atoms with E-state index in [-0.39, 0.29) is 17.7 Å². The normalized spacial score (nSPS) is 17.1. The van der Waals surface area contributed by atoms with Crippen LogP contribution in [-0.2, 0) is 16.0 Å². The first-order valence-corrected chi connectivity index (χ1v) is 9.08. The van der Waals surface area contributed by atoms with Crippen molar-refractivity contribution < 1.29 is 14.4 Å². The molecule has 25 heavy (non-hydrogen) atoms. The van der Waals surface area contributed by atoms with Gasteiger partial charge in [-0.2, -0.15) is 0 Å². The highest BCUT2D eigenvalue weighted by Gasteiger charge is 2.24. The fourth-order valence-electron chi connectivity index (χ4n) is 3.40. The van der Waals surface area contributed by atoms with E-state index in [0.29, 0.717) is 38.0 Å². The molecule has 0 saturated carbocycles. The second kappa shape index (κ2) is 7.68. The second-order valence-electron chi connectivity index (χ2n) is 6.73. The fourth-order valence-corrected chi connectivity index (χ4v) is 3.40. The molecule has 0 aromatic heterocycles. The third-order valence-electron chi connectivity index (χ3n) is 4.86. The number of rotatable bonds is 4. The molecule has 0 atom stereocenters. The van der Waals surface area contributed by atoms with Crippen molar-refractivity contribution in [3.63, 3.8) is 0 Å². The van der Waals surface area contributed by atoms with Gasteiger partial charge in [-0.1, -0.05) is 13.3 Å². The molecule has 6 nitrogen and oxygen atoms in total. The molecule has 2 aliphatic heterocycles. The highest BCUT2D eigenvalue weighted by Crippen LogP contribution is 2.24. The van der Waals surface area contributed by atoms with Crippen LogP contribution < -0.4 is 5.32 Å². The van der Waals surface area contributed by atoms with Crippen LogP contribution in [0.4, 0.5) is 5.69 Å². The quantitative estimate of drug-likeness (QED) is 0.910. The summed E-state index contributed by atoms with van der Waals surface area (Å²) in [6.45, 7) is 4.61. The lowest BCUT2D eigenvalue weighted by Gasteiger charge is -2.22. The smallest absolute Gasteiger partial charge is 0.253 e. The van der Waals surface area contributed by atoms with E-state index in [4.69, 9.17) is 0 Å². The first-order chi connectivity index (χ1) is 12.1. The van der Waals surface area contributed by atoms with Crippen LogP contribution >= 0.6 is 0 Å². The summed E-state index contributed by atoms with van der Waals surface area (Å²) in [5.41, 5.74) is 2.29. The molecule has 2 aliphatic rings. The van der Waals surface area contributed by atoms with Crippen molar-refractivity contribution in [3.8, 4) is 0 Å². The van der Waals surface area contributed by atoms with Gasteiger partial charge in [0, 0.05) is 43.9 Å². The molecule has 6 heteroatoms. The summed E-state index contributed by atoms with van der Waals surface area (Å²) >= 11 is 0. The molecule has 2 heterocycles. The summed E-state index contributed by atoms with van der Waals surface area (Å²) in [6, 6.07) is 5.37. The minimum atomic E-state index is -0.0318. The molecular weight excluding hydrogens is 318 g/mol. The largest absolute Gasteiger partial charge is 0.341 e. The van der Waals surface area contributed by atoms with Gasteiger partial charge < -0.3 is 15.1 Å². The van der Waals surface area contributed by atoms with Crippen molar-refractivity contribution in [2.75, 3.05) is 31.5 Å². The van der Waals surface area contributed by atoms with E-state index < -0.39 is 0 Å². The number of carbonyl (C=O) groups excluding carboxylic acids is 3. The van der Waals surface area contributed by atoms with Crippen LogP contribution in [-0.4, -0.2) is 53.7 Å². The maximum absolute atomic E-state index is 12.8. The molecule has 0 bridgehead atoms. The molecule has 1 aromatic rings. The van der Waals surface area contributed by atoms with E-state index in [1.165, 1.54) is 0 Å². The minimum absolute atomic E-state index is 0.0231. The number of hydrogen-bond acceptors (Lipinski definition) is 3. The first-order valence-electron chi connectivity index (χ1n) is 9.08. The first kappa shape index (κ1) is 17.5. The molecule has 1 aromatic carbocycles. The highest BCUT2D eigenvalue weighted by molar-refractivity contribution is 6.01. The zero-order valence-electron chi connectivity index (χ0n) is 14.7. The van der Waals surface area contributed by atoms with Crippen LogP contribution in [0.2, 0.25) is 0 Å². The number of anilines is 1. The maximum Gasteiger partial charge on any atom is 0.253 e. The molecule has 1 saturated heterocycles. The topological polar surface area (TPSA) is 69.7 Å². The third-order valence-corrected chi connectivity index (χ3v) is 4.86. The van der Waals surface area contributed by atoms with Gasteiger partial charge in [-0.25, -0.2) is 0 Å².